The highest BCUT2D eigenvalue weighted by atomic mass is 79.9. The predicted molar refractivity (Wildman–Crippen MR) is 126 cm³/mol. The number of fused-ring (bicyclic) bond motifs is 1. The van der Waals surface area contributed by atoms with Gasteiger partial charge in [-0.05, 0) is 54.1 Å². The number of para-hydroxylation sites is 1. The van der Waals surface area contributed by atoms with Crippen molar-refractivity contribution in [2.24, 2.45) is 0 Å². The number of aromatic nitrogens is 2. The fourth-order valence-corrected chi connectivity index (χ4v) is 3.84. The first-order valence-corrected chi connectivity index (χ1v) is 10.6. The lowest BCUT2D eigenvalue weighted by atomic mass is 10.2. The summed E-state index contributed by atoms with van der Waals surface area (Å²) in [5, 5.41) is 3.65. The van der Waals surface area contributed by atoms with E-state index in [9.17, 15) is 14.4 Å². The second-order valence-corrected chi connectivity index (χ2v) is 8.31. The second-order valence-electron chi connectivity index (χ2n) is 6.96. The third kappa shape index (κ3) is 4.62. The van der Waals surface area contributed by atoms with E-state index in [1.54, 1.807) is 60.7 Å². The van der Waals surface area contributed by atoms with Gasteiger partial charge in [0.15, 0.2) is 0 Å². The average Bonchev–Trinajstić information content (AvgIpc) is 2.76. The number of amides is 1. The van der Waals surface area contributed by atoms with E-state index in [0.29, 0.717) is 27.2 Å². The molecule has 156 valence electrons. The van der Waals surface area contributed by atoms with Gasteiger partial charge in [-0.3, -0.25) is 18.7 Å². The van der Waals surface area contributed by atoms with E-state index in [-0.39, 0.29) is 19.0 Å². The van der Waals surface area contributed by atoms with E-state index < -0.39 is 11.2 Å². The molecule has 1 N–H and O–H groups in total. The first kappa shape index (κ1) is 21.1. The fourth-order valence-electron chi connectivity index (χ4n) is 3.36. The van der Waals surface area contributed by atoms with Crippen LogP contribution in [0.25, 0.3) is 10.9 Å². The third-order valence-corrected chi connectivity index (χ3v) is 5.56. The number of hydrogen-bond acceptors (Lipinski definition) is 3. The standard InChI is InChI=1S/C23H17BrClN3O3/c24-16-8-10-18(11-9-16)26-21(29)14-27-20-7-2-1-6-19(20)22(30)28(23(27)31)13-15-4-3-5-17(25)12-15/h1-12H,13-14H2,(H,26,29). The van der Waals surface area contributed by atoms with Crippen LogP contribution in [-0.4, -0.2) is 15.0 Å². The monoisotopic (exact) mass is 497 g/mol. The summed E-state index contributed by atoms with van der Waals surface area (Å²) in [6, 6.07) is 20.9. The van der Waals surface area contributed by atoms with Crippen molar-refractivity contribution in [1.29, 1.82) is 0 Å². The maximum atomic E-state index is 13.2. The summed E-state index contributed by atoms with van der Waals surface area (Å²) in [6.45, 7) is -0.178. The minimum absolute atomic E-state index is 0.0530. The molecule has 3 aromatic carbocycles. The molecule has 0 spiro atoms. The predicted octanol–water partition coefficient (Wildman–Crippen LogP) is 4.27. The molecule has 0 aliphatic carbocycles. The highest BCUT2D eigenvalue weighted by Gasteiger charge is 2.16. The Morgan fingerprint density at radius 2 is 1.68 bits per heavy atom. The Morgan fingerprint density at radius 3 is 2.42 bits per heavy atom. The lowest BCUT2D eigenvalue weighted by Crippen LogP contribution is -2.42. The van der Waals surface area contributed by atoms with Crippen molar-refractivity contribution in [2.75, 3.05) is 5.32 Å². The van der Waals surface area contributed by atoms with Crippen LogP contribution in [0.2, 0.25) is 5.02 Å². The van der Waals surface area contributed by atoms with Gasteiger partial charge in [-0.25, -0.2) is 4.79 Å². The molecule has 0 saturated heterocycles. The molecule has 4 rings (SSSR count). The minimum atomic E-state index is -0.561. The van der Waals surface area contributed by atoms with Gasteiger partial charge in [0.05, 0.1) is 17.4 Å². The van der Waals surface area contributed by atoms with E-state index in [1.165, 1.54) is 4.57 Å². The average molecular weight is 499 g/mol. The molecular formula is C23H17BrClN3O3. The van der Waals surface area contributed by atoms with Gasteiger partial charge in [0, 0.05) is 15.2 Å². The van der Waals surface area contributed by atoms with Crippen LogP contribution in [0.4, 0.5) is 5.69 Å². The zero-order valence-electron chi connectivity index (χ0n) is 16.2. The van der Waals surface area contributed by atoms with Crippen LogP contribution in [0.1, 0.15) is 5.56 Å². The van der Waals surface area contributed by atoms with Crippen LogP contribution in [-0.2, 0) is 17.9 Å². The number of halogens is 2. The van der Waals surface area contributed by atoms with E-state index in [1.807, 2.05) is 12.1 Å². The van der Waals surface area contributed by atoms with E-state index >= 15 is 0 Å². The van der Waals surface area contributed by atoms with Crippen LogP contribution in [0, 0.1) is 0 Å². The Bertz CT molecular complexity index is 1390. The van der Waals surface area contributed by atoms with Crippen molar-refractivity contribution < 1.29 is 4.79 Å². The molecule has 1 heterocycles. The Morgan fingerprint density at radius 1 is 0.935 bits per heavy atom. The fraction of sp³-hybridized carbons (Fsp3) is 0.0870. The number of nitrogens with one attached hydrogen (secondary N) is 1. The number of nitrogens with zero attached hydrogens (tertiary/aromatic N) is 2. The molecule has 0 aliphatic heterocycles. The van der Waals surface area contributed by atoms with Gasteiger partial charge < -0.3 is 5.32 Å². The van der Waals surface area contributed by atoms with Gasteiger partial charge in [-0.2, -0.15) is 0 Å². The van der Waals surface area contributed by atoms with E-state index in [2.05, 4.69) is 21.2 Å². The number of rotatable bonds is 5. The van der Waals surface area contributed by atoms with Crippen molar-refractivity contribution in [3.63, 3.8) is 0 Å². The molecule has 8 heteroatoms. The molecule has 0 radical (unpaired) electrons. The molecule has 4 aromatic rings. The van der Waals surface area contributed by atoms with Gasteiger partial charge in [0.1, 0.15) is 6.54 Å². The molecule has 0 bridgehead atoms. The number of carbonyl (C=O) groups is 1. The topological polar surface area (TPSA) is 73.1 Å². The molecule has 6 nitrogen and oxygen atoms in total. The Labute approximate surface area is 190 Å². The summed E-state index contributed by atoms with van der Waals surface area (Å²) in [4.78, 5) is 38.9. The molecule has 31 heavy (non-hydrogen) atoms. The van der Waals surface area contributed by atoms with Crippen molar-refractivity contribution in [1.82, 2.24) is 9.13 Å². The van der Waals surface area contributed by atoms with Crippen LogP contribution < -0.4 is 16.6 Å². The highest BCUT2D eigenvalue weighted by molar-refractivity contribution is 9.10. The summed E-state index contributed by atoms with van der Waals surface area (Å²) in [6.07, 6.45) is 0. The van der Waals surface area contributed by atoms with Crippen LogP contribution in [0.15, 0.2) is 86.9 Å². The number of carbonyl (C=O) groups excluding carboxylic acids is 1. The summed E-state index contributed by atoms with van der Waals surface area (Å²) < 4.78 is 3.33. The van der Waals surface area contributed by atoms with Crippen molar-refractivity contribution >= 4 is 50.0 Å². The normalized spacial score (nSPS) is 10.9. The SMILES string of the molecule is O=C(Cn1c(=O)n(Cc2cccc(Cl)c2)c(=O)c2ccccc21)Nc1ccc(Br)cc1. The van der Waals surface area contributed by atoms with Crippen LogP contribution in [0.3, 0.4) is 0 Å². The first-order valence-electron chi connectivity index (χ1n) is 9.44. The summed E-state index contributed by atoms with van der Waals surface area (Å²) in [5.41, 5.74) is 0.760. The summed E-state index contributed by atoms with van der Waals surface area (Å²) in [7, 11) is 0. The lowest BCUT2D eigenvalue weighted by Gasteiger charge is -2.14. The first-order chi connectivity index (χ1) is 14.9. The molecule has 0 aliphatic rings. The second kappa shape index (κ2) is 8.91. The summed E-state index contributed by atoms with van der Waals surface area (Å²) in [5.74, 6) is -0.373. The van der Waals surface area contributed by atoms with Crippen LogP contribution in [0.5, 0.6) is 0 Å². The smallest absolute Gasteiger partial charge is 0.325 e. The molecule has 1 aromatic heterocycles. The number of hydrogen-bond donors (Lipinski definition) is 1. The zero-order chi connectivity index (χ0) is 22.0. The maximum absolute atomic E-state index is 13.2. The van der Waals surface area contributed by atoms with Gasteiger partial charge >= 0.3 is 5.69 Å². The Kier molecular flexibility index (Phi) is 6.06. The van der Waals surface area contributed by atoms with E-state index in [4.69, 9.17) is 11.6 Å². The van der Waals surface area contributed by atoms with Gasteiger partial charge in [0.25, 0.3) is 5.56 Å². The Balaban J connectivity index is 1.75. The molecule has 0 saturated carbocycles. The Hall–Kier alpha value is -3.16. The quantitative estimate of drug-likeness (QED) is 0.447. The molecular weight excluding hydrogens is 482 g/mol. The maximum Gasteiger partial charge on any atom is 0.332 e. The van der Waals surface area contributed by atoms with Crippen molar-refractivity contribution in [3.05, 3.63) is 109 Å². The van der Waals surface area contributed by atoms with Crippen LogP contribution >= 0.6 is 27.5 Å². The summed E-state index contributed by atoms with van der Waals surface area (Å²) >= 11 is 9.40. The van der Waals surface area contributed by atoms with E-state index in [0.717, 1.165) is 9.04 Å². The van der Waals surface area contributed by atoms with Crippen molar-refractivity contribution in [2.45, 2.75) is 13.1 Å². The number of anilines is 1. The lowest BCUT2D eigenvalue weighted by molar-refractivity contribution is -0.116. The molecule has 1 amide bonds. The van der Waals surface area contributed by atoms with Gasteiger partial charge in [0.2, 0.25) is 5.91 Å². The zero-order valence-corrected chi connectivity index (χ0v) is 18.6. The van der Waals surface area contributed by atoms with Gasteiger partial charge in [-0.1, -0.05) is 51.8 Å². The largest absolute Gasteiger partial charge is 0.332 e. The molecule has 0 fully saturated rings. The number of benzene rings is 3. The van der Waals surface area contributed by atoms with Crippen molar-refractivity contribution in [3.8, 4) is 0 Å². The third-order valence-electron chi connectivity index (χ3n) is 4.79. The molecule has 0 atom stereocenters. The highest BCUT2D eigenvalue weighted by Crippen LogP contribution is 2.15. The molecule has 0 unspecified atom stereocenters. The van der Waals surface area contributed by atoms with Gasteiger partial charge in [-0.15, -0.1) is 0 Å². The minimum Gasteiger partial charge on any atom is -0.325 e.